The van der Waals surface area contributed by atoms with Crippen LogP contribution in [0.25, 0.3) is 0 Å². The summed E-state index contributed by atoms with van der Waals surface area (Å²) in [5.74, 6) is 2.23. The number of hydrogen-bond donors (Lipinski definition) is 2. The number of aromatic amines is 1. The predicted molar refractivity (Wildman–Crippen MR) is 116 cm³/mol. The molecule has 0 aromatic carbocycles. The molecule has 2 fully saturated rings. The van der Waals surface area contributed by atoms with Crippen molar-refractivity contribution in [2.45, 2.75) is 87.7 Å². The van der Waals surface area contributed by atoms with Crippen LogP contribution >= 0.6 is 23.4 Å². The summed E-state index contributed by atoms with van der Waals surface area (Å²) in [6.07, 6.45) is 11.8. The van der Waals surface area contributed by atoms with Gasteiger partial charge in [-0.05, 0) is 37.8 Å². The van der Waals surface area contributed by atoms with E-state index in [1.165, 1.54) is 68.4 Å². The Labute approximate surface area is 172 Å². The van der Waals surface area contributed by atoms with Crippen LogP contribution < -0.4 is 5.32 Å². The lowest BCUT2D eigenvalue weighted by Crippen LogP contribution is -2.07. The third-order valence-corrected chi connectivity index (χ3v) is 6.78. The van der Waals surface area contributed by atoms with Crippen LogP contribution in [0.3, 0.4) is 0 Å². The van der Waals surface area contributed by atoms with Crippen molar-refractivity contribution in [1.29, 1.82) is 0 Å². The zero-order chi connectivity index (χ0) is 19.1. The van der Waals surface area contributed by atoms with Crippen LogP contribution in [-0.2, 0) is 0 Å². The van der Waals surface area contributed by atoms with Crippen molar-refractivity contribution >= 4 is 35.0 Å². The summed E-state index contributed by atoms with van der Waals surface area (Å²) in [5.41, 5.74) is 1.24. The fraction of sp³-hybridized carbons (Fsp3) is 0.619. The van der Waals surface area contributed by atoms with Crippen LogP contribution in [0.4, 0.5) is 11.6 Å². The van der Waals surface area contributed by atoms with Gasteiger partial charge in [-0.2, -0.15) is 5.10 Å². The Morgan fingerprint density at radius 2 is 1.67 bits per heavy atom. The fourth-order valence-corrected chi connectivity index (χ4v) is 5.55. The highest BCUT2D eigenvalue weighted by molar-refractivity contribution is 8.00. The van der Waals surface area contributed by atoms with Crippen LogP contribution in [0.2, 0.25) is 5.15 Å². The van der Waals surface area contributed by atoms with Gasteiger partial charge in [-0.1, -0.05) is 57.6 Å². The number of aromatic nitrogens is 3. The number of halogens is 1. The van der Waals surface area contributed by atoms with Gasteiger partial charge in [0.05, 0.1) is 0 Å². The van der Waals surface area contributed by atoms with Crippen molar-refractivity contribution < 1.29 is 0 Å². The third kappa shape index (κ3) is 5.89. The Morgan fingerprint density at radius 3 is 2.41 bits per heavy atom. The third-order valence-electron chi connectivity index (χ3n) is 5.27. The summed E-state index contributed by atoms with van der Waals surface area (Å²) in [6, 6.07) is 6.18. The molecule has 0 saturated heterocycles. The standard InChI is InChI=1S/C19H25ClN4S.C2H6/c20-17-10-15(25-14-8-2-1-3-9-14)11-18(21-17)22-19-12-16(23-24-19)13-6-4-5-7-13;1-2/h10-14H,1-9H2,(H2,21,22,23,24);1-2H3. The number of hydrogen-bond acceptors (Lipinski definition) is 4. The van der Waals surface area contributed by atoms with E-state index in [0.29, 0.717) is 16.3 Å². The molecule has 4 nitrogen and oxygen atoms in total. The molecule has 2 aromatic rings. The van der Waals surface area contributed by atoms with E-state index >= 15 is 0 Å². The summed E-state index contributed by atoms with van der Waals surface area (Å²) >= 11 is 8.19. The molecule has 2 aromatic heterocycles. The lowest BCUT2D eigenvalue weighted by atomic mass is 10.0. The molecule has 0 unspecified atom stereocenters. The van der Waals surface area contributed by atoms with E-state index in [-0.39, 0.29) is 0 Å². The Balaban J connectivity index is 0.00000102. The second kappa shape index (κ2) is 10.4. The largest absolute Gasteiger partial charge is 0.323 e. The quantitative estimate of drug-likeness (QED) is 0.511. The SMILES string of the molecule is CC.Clc1cc(SC2CCCCC2)cc(Nc2cc(C3CCCC3)[nH]n2)n1. The van der Waals surface area contributed by atoms with Gasteiger partial charge in [0.15, 0.2) is 5.82 Å². The molecule has 2 heterocycles. The maximum atomic E-state index is 6.25. The van der Waals surface area contributed by atoms with Gasteiger partial charge in [-0.15, -0.1) is 11.8 Å². The molecule has 0 radical (unpaired) electrons. The van der Waals surface area contributed by atoms with E-state index in [1.807, 2.05) is 31.7 Å². The molecule has 148 valence electrons. The number of nitrogens with zero attached hydrogens (tertiary/aromatic N) is 2. The van der Waals surface area contributed by atoms with E-state index in [4.69, 9.17) is 11.6 Å². The molecule has 2 saturated carbocycles. The number of rotatable bonds is 5. The first-order valence-corrected chi connectivity index (χ1v) is 11.7. The Bertz CT molecular complexity index is 706. The van der Waals surface area contributed by atoms with E-state index in [1.54, 1.807) is 0 Å². The normalized spacial score (nSPS) is 18.2. The summed E-state index contributed by atoms with van der Waals surface area (Å²) in [4.78, 5) is 5.61. The average molecular weight is 407 g/mol. The van der Waals surface area contributed by atoms with Crippen molar-refractivity contribution in [3.63, 3.8) is 0 Å². The van der Waals surface area contributed by atoms with Crippen LogP contribution in [0, 0.1) is 0 Å². The Kier molecular flexibility index (Phi) is 7.89. The van der Waals surface area contributed by atoms with Gasteiger partial charge in [0.1, 0.15) is 11.0 Å². The van der Waals surface area contributed by atoms with Crippen molar-refractivity contribution in [1.82, 2.24) is 15.2 Å². The maximum Gasteiger partial charge on any atom is 0.153 e. The van der Waals surface area contributed by atoms with E-state index in [9.17, 15) is 0 Å². The summed E-state index contributed by atoms with van der Waals surface area (Å²) in [5, 5.41) is 12.1. The van der Waals surface area contributed by atoms with Crippen LogP contribution in [-0.4, -0.2) is 20.4 Å². The van der Waals surface area contributed by atoms with Gasteiger partial charge < -0.3 is 5.32 Å². The Hall–Kier alpha value is -1.20. The number of pyridine rings is 1. The highest BCUT2D eigenvalue weighted by atomic mass is 35.5. The minimum Gasteiger partial charge on any atom is -0.323 e. The fourth-order valence-electron chi connectivity index (χ4n) is 3.96. The first kappa shape index (κ1) is 20.5. The number of anilines is 2. The van der Waals surface area contributed by atoms with Crippen LogP contribution in [0.5, 0.6) is 0 Å². The molecular formula is C21H31ClN4S. The molecule has 2 aliphatic rings. The van der Waals surface area contributed by atoms with Crippen molar-refractivity contribution in [2.24, 2.45) is 0 Å². The van der Waals surface area contributed by atoms with Gasteiger partial charge in [-0.3, -0.25) is 5.10 Å². The molecule has 4 rings (SSSR count). The highest BCUT2D eigenvalue weighted by Gasteiger charge is 2.19. The molecule has 0 bridgehead atoms. The van der Waals surface area contributed by atoms with Gasteiger partial charge >= 0.3 is 0 Å². The molecule has 2 N–H and O–H groups in total. The first-order valence-electron chi connectivity index (χ1n) is 10.4. The summed E-state index contributed by atoms with van der Waals surface area (Å²) < 4.78 is 0. The van der Waals surface area contributed by atoms with Crippen molar-refractivity contribution in [2.75, 3.05) is 5.32 Å². The topological polar surface area (TPSA) is 53.6 Å². The Morgan fingerprint density at radius 1 is 0.963 bits per heavy atom. The van der Waals surface area contributed by atoms with Crippen LogP contribution in [0.15, 0.2) is 23.1 Å². The van der Waals surface area contributed by atoms with E-state index < -0.39 is 0 Å². The molecule has 0 aliphatic heterocycles. The predicted octanol–water partition coefficient (Wildman–Crippen LogP) is 7.31. The van der Waals surface area contributed by atoms with Gasteiger partial charge in [0, 0.05) is 27.8 Å². The molecule has 0 spiro atoms. The molecule has 0 amide bonds. The zero-order valence-electron chi connectivity index (χ0n) is 16.4. The number of H-pyrrole nitrogens is 1. The van der Waals surface area contributed by atoms with Crippen LogP contribution in [0.1, 0.15) is 83.2 Å². The zero-order valence-corrected chi connectivity index (χ0v) is 18.0. The average Bonchev–Trinajstić information content (AvgIpc) is 3.35. The molecule has 6 heteroatoms. The van der Waals surface area contributed by atoms with Gasteiger partial charge in [0.2, 0.25) is 0 Å². The lowest BCUT2D eigenvalue weighted by molar-refractivity contribution is 0.516. The highest BCUT2D eigenvalue weighted by Crippen LogP contribution is 2.36. The van der Waals surface area contributed by atoms with Crippen molar-refractivity contribution in [3.8, 4) is 0 Å². The monoisotopic (exact) mass is 406 g/mol. The minimum atomic E-state index is 0.537. The molecule has 2 aliphatic carbocycles. The summed E-state index contributed by atoms with van der Waals surface area (Å²) in [7, 11) is 0. The first-order chi connectivity index (χ1) is 13.3. The molecule has 27 heavy (non-hydrogen) atoms. The summed E-state index contributed by atoms with van der Waals surface area (Å²) in [6.45, 7) is 4.00. The number of thioether (sulfide) groups is 1. The minimum absolute atomic E-state index is 0.537. The van der Waals surface area contributed by atoms with Gasteiger partial charge in [0.25, 0.3) is 0 Å². The van der Waals surface area contributed by atoms with Gasteiger partial charge in [-0.25, -0.2) is 4.98 Å². The molecular weight excluding hydrogens is 376 g/mol. The smallest absolute Gasteiger partial charge is 0.153 e. The molecule has 0 atom stereocenters. The lowest BCUT2D eigenvalue weighted by Gasteiger charge is -2.21. The van der Waals surface area contributed by atoms with E-state index in [0.717, 1.165) is 11.6 Å². The van der Waals surface area contributed by atoms with Crippen molar-refractivity contribution in [3.05, 3.63) is 29.0 Å². The number of nitrogens with one attached hydrogen (secondary N) is 2. The second-order valence-electron chi connectivity index (χ2n) is 7.20. The van der Waals surface area contributed by atoms with E-state index in [2.05, 4.69) is 32.6 Å². The second-order valence-corrected chi connectivity index (χ2v) is 8.96. The maximum absolute atomic E-state index is 6.25.